The van der Waals surface area contributed by atoms with Gasteiger partial charge in [-0.15, -0.1) is 0 Å². The van der Waals surface area contributed by atoms with E-state index in [4.69, 9.17) is 5.73 Å². The van der Waals surface area contributed by atoms with Gasteiger partial charge in [0, 0.05) is 25.2 Å². The molecule has 2 aromatic carbocycles. The molecule has 1 unspecified atom stereocenters. The first-order valence-corrected chi connectivity index (χ1v) is 10.3. The average molecular weight is 418 g/mol. The second-order valence-electron chi connectivity index (χ2n) is 8.30. The number of imide groups is 2. The summed E-state index contributed by atoms with van der Waals surface area (Å²) in [4.78, 5) is 52.7. The van der Waals surface area contributed by atoms with Crippen LogP contribution in [0.1, 0.15) is 50.7 Å². The Bertz CT molecular complexity index is 1140. The molecule has 4 amide bonds. The molecule has 2 heterocycles. The lowest BCUT2D eigenvalue weighted by atomic mass is 10.0. The highest BCUT2D eigenvalue weighted by molar-refractivity contribution is 6.23. The number of carbonyl (C=O) groups excluding carboxylic acids is 4. The van der Waals surface area contributed by atoms with Crippen LogP contribution in [0.2, 0.25) is 0 Å². The number of fused-ring (bicyclic) bond motifs is 2. The molecule has 1 aliphatic carbocycles. The predicted molar refractivity (Wildman–Crippen MR) is 112 cm³/mol. The molecule has 0 aromatic heterocycles. The second kappa shape index (κ2) is 7.02. The lowest BCUT2D eigenvalue weighted by Crippen LogP contribution is -2.54. The van der Waals surface area contributed by atoms with E-state index in [0.717, 1.165) is 22.6 Å². The van der Waals surface area contributed by atoms with Gasteiger partial charge in [0.25, 0.3) is 11.8 Å². The standard InChI is InChI=1S/C23H22N4O4/c1-26(20-14-5-3-2-4-12(14)10-17(20)24)13-6-7-15-16(11-13)23(31)27(22(15)30)18-8-9-19(28)25-21(18)29/h2-7,11,17-18,20H,8-10,24H2,1H3,(H,25,28,29)/t17-,18?,20+/m0/s1. The fourth-order valence-electron chi connectivity index (χ4n) is 4.94. The third-order valence-corrected chi connectivity index (χ3v) is 6.48. The van der Waals surface area contributed by atoms with Crippen LogP contribution in [0.5, 0.6) is 0 Å². The highest BCUT2D eigenvalue weighted by Gasteiger charge is 2.45. The van der Waals surface area contributed by atoms with Crippen LogP contribution in [-0.2, 0) is 16.0 Å². The van der Waals surface area contributed by atoms with Gasteiger partial charge in [0.2, 0.25) is 11.8 Å². The van der Waals surface area contributed by atoms with E-state index in [0.29, 0.717) is 0 Å². The lowest BCUT2D eigenvalue weighted by molar-refractivity contribution is -0.136. The summed E-state index contributed by atoms with van der Waals surface area (Å²) >= 11 is 0. The number of nitrogens with one attached hydrogen (secondary N) is 1. The normalized spacial score (nSPS) is 24.8. The summed E-state index contributed by atoms with van der Waals surface area (Å²) < 4.78 is 0. The molecule has 0 bridgehead atoms. The molecule has 2 aliphatic heterocycles. The summed E-state index contributed by atoms with van der Waals surface area (Å²) in [7, 11) is 1.92. The van der Waals surface area contributed by atoms with E-state index < -0.39 is 29.7 Å². The zero-order chi connectivity index (χ0) is 21.9. The molecule has 3 atom stereocenters. The molecule has 31 heavy (non-hydrogen) atoms. The van der Waals surface area contributed by atoms with Gasteiger partial charge in [-0.2, -0.15) is 0 Å². The fourth-order valence-corrected chi connectivity index (χ4v) is 4.94. The maximum atomic E-state index is 13.1. The van der Waals surface area contributed by atoms with Crippen LogP contribution in [-0.4, -0.2) is 47.7 Å². The minimum Gasteiger partial charge on any atom is -0.366 e. The number of anilines is 1. The van der Waals surface area contributed by atoms with Gasteiger partial charge in [-0.05, 0) is 42.2 Å². The third-order valence-electron chi connectivity index (χ3n) is 6.48. The van der Waals surface area contributed by atoms with Crippen molar-refractivity contribution in [1.29, 1.82) is 0 Å². The topological polar surface area (TPSA) is 113 Å². The molecule has 1 saturated heterocycles. The van der Waals surface area contributed by atoms with Crippen molar-refractivity contribution in [2.75, 3.05) is 11.9 Å². The van der Waals surface area contributed by atoms with Crippen molar-refractivity contribution in [3.05, 3.63) is 64.7 Å². The molecule has 8 heteroatoms. The first kappa shape index (κ1) is 19.4. The lowest BCUT2D eigenvalue weighted by Gasteiger charge is -2.31. The molecule has 8 nitrogen and oxygen atoms in total. The van der Waals surface area contributed by atoms with Crippen LogP contribution in [0.3, 0.4) is 0 Å². The zero-order valence-corrected chi connectivity index (χ0v) is 17.0. The number of nitrogens with zero attached hydrogens (tertiary/aromatic N) is 2. The van der Waals surface area contributed by atoms with Crippen LogP contribution in [0.25, 0.3) is 0 Å². The fraction of sp³-hybridized carbons (Fsp3) is 0.304. The van der Waals surface area contributed by atoms with Crippen LogP contribution in [0, 0.1) is 0 Å². The predicted octanol–water partition coefficient (Wildman–Crippen LogP) is 1.15. The van der Waals surface area contributed by atoms with Gasteiger partial charge in [-0.1, -0.05) is 24.3 Å². The zero-order valence-electron chi connectivity index (χ0n) is 17.0. The van der Waals surface area contributed by atoms with Gasteiger partial charge < -0.3 is 10.6 Å². The van der Waals surface area contributed by atoms with E-state index in [9.17, 15) is 19.2 Å². The van der Waals surface area contributed by atoms with Crippen molar-refractivity contribution in [3.63, 3.8) is 0 Å². The molecule has 1 fully saturated rings. The van der Waals surface area contributed by atoms with E-state index in [2.05, 4.69) is 17.4 Å². The van der Waals surface area contributed by atoms with Crippen molar-refractivity contribution >= 4 is 29.3 Å². The minimum atomic E-state index is -0.971. The minimum absolute atomic E-state index is 0.0484. The number of carbonyl (C=O) groups is 4. The molecule has 3 aliphatic rings. The SMILES string of the molecule is CN(c1ccc2c(c1)C(=O)N(C1CCC(=O)NC1=O)C2=O)[C@@H]1c2ccccc2C[C@@H]1N. The molecule has 0 spiro atoms. The Labute approximate surface area is 179 Å². The molecule has 0 radical (unpaired) electrons. The summed E-state index contributed by atoms with van der Waals surface area (Å²) in [5.74, 6) is -2.03. The summed E-state index contributed by atoms with van der Waals surface area (Å²) in [6, 6.07) is 12.1. The van der Waals surface area contributed by atoms with E-state index in [1.165, 1.54) is 5.56 Å². The van der Waals surface area contributed by atoms with Crippen molar-refractivity contribution in [1.82, 2.24) is 10.2 Å². The van der Waals surface area contributed by atoms with Crippen LogP contribution >= 0.6 is 0 Å². The van der Waals surface area contributed by atoms with Crippen LogP contribution < -0.4 is 16.0 Å². The highest BCUT2D eigenvalue weighted by Crippen LogP contribution is 2.38. The van der Waals surface area contributed by atoms with Gasteiger partial charge in [-0.25, -0.2) is 0 Å². The summed E-state index contributed by atoms with van der Waals surface area (Å²) in [6.07, 6.45) is 1.00. The Morgan fingerprint density at radius 1 is 1.03 bits per heavy atom. The van der Waals surface area contributed by atoms with Crippen molar-refractivity contribution in [3.8, 4) is 0 Å². The quantitative estimate of drug-likeness (QED) is 0.723. The van der Waals surface area contributed by atoms with E-state index in [1.807, 2.05) is 24.1 Å². The van der Waals surface area contributed by atoms with E-state index in [-0.39, 0.29) is 36.1 Å². The molecule has 0 saturated carbocycles. The summed E-state index contributed by atoms with van der Waals surface area (Å²) in [6.45, 7) is 0. The largest absolute Gasteiger partial charge is 0.366 e. The van der Waals surface area contributed by atoms with E-state index in [1.54, 1.807) is 18.2 Å². The molecule has 2 aromatic rings. The molecule has 5 rings (SSSR count). The number of hydrogen-bond donors (Lipinski definition) is 2. The maximum absolute atomic E-state index is 13.1. The molecule has 3 N–H and O–H groups in total. The Kier molecular flexibility index (Phi) is 4.40. The van der Waals surface area contributed by atoms with Gasteiger partial charge in [0.15, 0.2) is 0 Å². The monoisotopic (exact) mass is 418 g/mol. The number of amides is 4. The number of benzene rings is 2. The average Bonchev–Trinajstić information content (AvgIpc) is 3.21. The summed E-state index contributed by atoms with van der Waals surface area (Å²) in [5, 5.41) is 2.21. The Morgan fingerprint density at radius 2 is 1.77 bits per heavy atom. The number of hydrogen-bond acceptors (Lipinski definition) is 6. The maximum Gasteiger partial charge on any atom is 0.262 e. The smallest absolute Gasteiger partial charge is 0.262 e. The van der Waals surface area contributed by atoms with Gasteiger partial charge in [0.1, 0.15) is 6.04 Å². The van der Waals surface area contributed by atoms with Gasteiger partial charge >= 0.3 is 0 Å². The van der Waals surface area contributed by atoms with Crippen molar-refractivity contribution < 1.29 is 19.2 Å². The molecular formula is C23H22N4O4. The first-order valence-electron chi connectivity index (χ1n) is 10.3. The number of rotatable bonds is 3. The highest BCUT2D eigenvalue weighted by atomic mass is 16.2. The number of likely N-dealkylation sites (N-methyl/N-ethyl adjacent to an activating group) is 1. The molecule has 158 valence electrons. The van der Waals surface area contributed by atoms with E-state index >= 15 is 0 Å². The van der Waals surface area contributed by atoms with Crippen molar-refractivity contribution in [2.24, 2.45) is 5.73 Å². The summed E-state index contributed by atoms with van der Waals surface area (Å²) in [5.41, 5.74) is 10.1. The van der Waals surface area contributed by atoms with Gasteiger partial charge in [0.05, 0.1) is 17.2 Å². The van der Waals surface area contributed by atoms with Crippen LogP contribution in [0.15, 0.2) is 42.5 Å². The number of nitrogens with two attached hydrogens (primary N) is 1. The third kappa shape index (κ3) is 2.94. The van der Waals surface area contributed by atoms with Crippen molar-refractivity contribution in [2.45, 2.75) is 37.4 Å². The second-order valence-corrected chi connectivity index (χ2v) is 8.30. The first-order chi connectivity index (χ1) is 14.9. The van der Waals surface area contributed by atoms with Crippen LogP contribution in [0.4, 0.5) is 5.69 Å². The number of piperidine rings is 1. The Morgan fingerprint density at radius 3 is 2.55 bits per heavy atom. The van der Waals surface area contributed by atoms with Gasteiger partial charge in [-0.3, -0.25) is 29.4 Å². The Balaban J connectivity index is 1.46. The Hall–Kier alpha value is -3.52. The molecular weight excluding hydrogens is 396 g/mol.